The molecule has 0 saturated carbocycles. The van der Waals surface area contributed by atoms with E-state index in [0.717, 1.165) is 24.6 Å². The number of rotatable bonds is 3. The van der Waals surface area contributed by atoms with Crippen molar-refractivity contribution in [3.8, 4) is 5.69 Å². The summed E-state index contributed by atoms with van der Waals surface area (Å²) in [5, 5.41) is 5.60. The number of amides is 3. The summed E-state index contributed by atoms with van der Waals surface area (Å²) in [6, 6.07) is 8.39. The standard InChI is InChI=1S/C23H27N5O5/c1-23(2,3)33-22(32)27-10-8-14(9-11-27)25-13-4-6-15(7-5-13)28-17(29)12-16-18(19(28)24)21(31)26-20(16)30/h4-7,12,14,25H,8-11,24H2,1-3H3,(H,26,30,31). The number of anilines is 2. The van der Waals surface area contributed by atoms with E-state index in [4.69, 9.17) is 10.5 Å². The van der Waals surface area contributed by atoms with Gasteiger partial charge in [0, 0.05) is 30.9 Å². The van der Waals surface area contributed by atoms with Crippen LogP contribution in [0.2, 0.25) is 0 Å². The van der Waals surface area contributed by atoms with Crippen LogP contribution < -0.4 is 21.9 Å². The van der Waals surface area contributed by atoms with Crippen molar-refractivity contribution in [1.82, 2.24) is 14.8 Å². The number of aromatic nitrogens is 1. The molecule has 33 heavy (non-hydrogen) atoms. The van der Waals surface area contributed by atoms with E-state index in [2.05, 4.69) is 10.6 Å². The van der Waals surface area contributed by atoms with Crippen molar-refractivity contribution in [2.24, 2.45) is 0 Å². The third-order valence-electron chi connectivity index (χ3n) is 5.60. The number of pyridine rings is 1. The highest BCUT2D eigenvalue weighted by Gasteiger charge is 2.32. The lowest BCUT2D eigenvalue weighted by Crippen LogP contribution is -2.44. The second-order valence-electron chi connectivity index (χ2n) is 9.21. The maximum absolute atomic E-state index is 12.6. The SMILES string of the molecule is CC(C)(C)OC(=O)N1CCC(Nc2ccc(-n3c(N)c4c(cc3=O)C(=O)NC4=O)cc2)CC1. The maximum atomic E-state index is 12.6. The Morgan fingerprint density at radius 1 is 1.09 bits per heavy atom. The molecule has 4 N–H and O–H groups in total. The Morgan fingerprint density at radius 3 is 2.33 bits per heavy atom. The van der Waals surface area contributed by atoms with Gasteiger partial charge in [0.1, 0.15) is 11.4 Å². The van der Waals surface area contributed by atoms with Gasteiger partial charge in [-0.25, -0.2) is 4.79 Å². The van der Waals surface area contributed by atoms with Crippen LogP contribution in [0.15, 0.2) is 35.1 Å². The minimum atomic E-state index is -0.622. The first kappa shape index (κ1) is 22.4. The number of likely N-dealkylation sites (tertiary alicyclic amines) is 1. The molecule has 2 aromatic rings. The molecule has 0 bridgehead atoms. The lowest BCUT2D eigenvalue weighted by molar-refractivity contribution is 0.0210. The third-order valence-corrected chi connectivity index (χ3v) is 5.60. The van der Waals surface area contributed by atoms with Crippen LogP contribution in [0.5, 0.6) is 0 Å². The van der Waals surface area contributed by atoms with Crippen molar-refractivity contribution in [3.05, 3.63) is 51.8 Å². The van der Waals surface area contributed by atoms with E-state index in [1.807, 2.05) is 32.9 Å². The Hall–Kier alpha value is -3.82. The molecule has 3 amide bonds. The maximum Gasteiger partial charge on any atom is 0.410 e. The number of ether oxygens (including phenoxy) is 1. The Bertz CT molecular complexity index is 1170. The summed E-state index contributed by atoms with van der Waals surface area (Å²) in [5.41, 5.74) is 6.41. The summed E-state index contributed by atoms with van der Waals surface area (Å²) in [6.45, 7) is 6.75. The molecule has 1 aromatic heterocycles. The average Bonchev–Trinajstić information content (AvgIpc) is 3.02. The Labute approximate surface area is 190 Å². The number of nitrogen functional groups attached to an aromatic ring is 1. The number of nitrogens with one attached hydrogen (secondary N) is 2. The van der Waals surface area contributed by atoms with Crippen LogP contribution >= 0.6 is 0 Å². The van der Waals surface area contributed by atoms with E-state index in [0.29, 0.717) is 18.8 Å². The van der Waals surface area contributed by atoms with Crippen molar-refractivity contribution < 1.29 is 19.1 Å². The highest BCUT2D eigenvalue weighted by molar-refractivity contribution is 6.23. The number of hydrogen-bond donors (Lipinski definition) is 3. The number of carbonyl (C=O) groups is 3. The van der Waals surface area contributed by atoms with Gasteiger partial charge in [0.05, 0.1) is 16.8 Å². The number of hydrogen-bond acceptors (Lipinski definition) is 7. The zero-order chi connectivity index (χ0) is 23.9. The second-order valence-corrected chi connectivity index (χ2v) is 9.21. The van der Waals surface area contributed by atoms with Gasteiger partial charge >= 0.3 is 6.09 Å². The predicted octanol–water partition coefficient (Wildman–Crippen LogP) is 2.11. The largest absolute Gasteiger partial charge is 0.444 e. The molecule has 0 spiro atoms. The molecule has 4 rings (SSSR count). The molecule has 10 heteroatoms. The number of nitrogens with zero attached hydrogens (tertiary/aromatic N) is 2. The molecule has 0 atom stereocenters. The first-order valence-corrected chi connectivity index (χ1v) is 10.8. The highest BCUT2D eigenvalue weighted by atomic mass is 16.6. The average molecular weight is 453 g/mol. The summed E-state index contributed by atoms with van der Waals surface area (Å²) in [7, 11) is 0. The van der Waals surface area contributed by atoms with Gasteiger partial charge in [-0.05, 0) is 57.9 Å². The molecule has 0 radical (unpaired) electrons. The van der Waals surface area contributed by atoms with Gasteiger partial charge in [-0.15, -0.1) is 0 Å². The van der Waals surface area contributed by atoms with Crippen LogP contribution in [0.4, 0.5) is 16.3 Å². The number of benzene rings is 1. The van der Waals surface area contributed by atoms with Crippen LogP contribution in [0.3, 0.4) is 0 Å². The van der Waals surface area contributed by atoms with Crippen molar-refractivity contribution in [2.45, 2.75) is 45.3 Å². The number of piperidine rings is 1. The molecule has 10 nitrogen and oxygen atoms in total. The molecular weight excluding hydrogens is 426 g/mol. The Morgan fingerprint density at radius 2 is 1.73 bits per heavy atom. The molecule has 1 fully saturated rings. The number of nitrogens with two attached hydrogens (primary N) is 1. The molecule has 0 aliphatic carbocycles. The summed E-state index contributed by atoms with van der Waals surface area (Å²) < 4.78 is 6.64. The van der Waals surface area contributed by atoms with Gasteiger partial charge in [-0.2, -0.15) is 0 Å². The van der Waals surface area contributed by atoms with Crippen LogP contribution in [0, 0.1) is 0 Å². The predicted molar refractivity (Wildman–Crippen MR) is 123 cm³/mol. The fourth-order valence-electron chi connectivity index (χ4n) is 4.02. The van der Waals surface area contributed by atoms with Crippen LogP contribution in [0.1, 0.15) is 54.3 Å². The smallest absolute Gasteiger partial charge is 0.410 e. The lowest BCUT2D eigenvalue weighted by Gasteiger charge is -2.34. The normalized spacial score (nSPS) is 16.4. The Kier molecular flexibility index (Phi) is 5.61. The van der Waals surface area contributed by atoms with E-state index < -0.39 is 23.0 Å². The zero-order valence-electron chi connectivity index (χ0n) is 18.8. The summed E-state index contributed by atoms with van der Waals surface area (Å²) in [4.78, 5) is 50.3. The van der Waals surface area contributed by atoms with Crippen LogP contribution in [0.25, 0.3) is 5.69 Å². The number of carbonyl (C=O) groups excluding carboxylic acids is 3. The fraction of sp³-hybridized carbons (Fsp3) is 0.391. The van der Waals surface area contributed by atoms with Crippen molar-refractivity contribution in [1.29, 1.82) is 0 Å². The molecule has 1 saturated heterocycles. The molecule has 1 aromatic carbocycles. The van der Waals surface area contributed by atoms with Crippen molar-refractivity contribution in [3.63, 3.8) is 0 Å². The highest BCUT2D eigenvalue weighted by Crippen LogP contribution is 2.24. The first-order chi connectivity index (χ1) is 15.5. The van der Waals surface area contributed by atoms with Gasteiger partial charge in [0.25, 0.3) is 17.4 Å². The second kappa shape index (κ2) is 8.27. The minimum absolute atomic E-state index is 0.00485. The van der Waals surface area contributed by atoms with Gasteiger partial charge < -0.3 is 20.7 Å². The van der Waals surface area contributed by atoms with Crippen LogP contribution in [-0.2, 0) is 4.74 Å². The van der Waals surface area contributed by atoms with Gasteiger partial charge in [0.15, 0.2) is 0 Å². The zero-order valence-corrected chi connectivity index (χ0v) is 18.8. The molecule has 0 unspecified atom stereocenters. The van der Waals surface area contributed by atoms with E-state index in [1.54, 1.807) is 17.0 Å². The number of fused-ring (bicyclic) bond motifs is 1. The molecular formula is C23H27N5O5. The summed E-state index contributed by atoms with van der Waals surface area (Å²) in [5.74, 6) is -1.31. The van der Waals surface area contributed by atoms with Gasteiger partial charge in [-0.3, -0.25) is 24.3 Å². The fourth-order valence-corrected chi connectivity index (χ4v) is 4.02. The van der Waals surface area contributed by atoms with Crippen molar-refractivity contribution in [2.75, 3.05) is 24.1 Å². The minimum Gasteiger partial charge on any atom is -0.444 e. The molecule has 2 aliphatic heterocycles. The molecule has 2 aliphatic rings. The van der Waals surface area contributed by atoms with E-state index >= 15 is 0 Å². The summed E-state index contributed by atoms with van der Waals surface area (Å²) >= 11 is 0. The summed E-state index contributed by atoms with van der Waals surface area (Å²) in [6.07, 6.45) is 1.26. The van der Waals surface area contributed by atoms with Crippen molar-refractivity contribution >= 4 is 29.4 Å². The van der Waals surface area contributed by atoms with E-state index in [9.17, 15) is 19.2 Å². The van der Waals surface area contributed by atoms with E-state index in [1.165, 1.54) is 4.57 Å². The number of imide groups is 1. The van der Waals surface area contributed by atoms with E-state index in [-0.39, 0.29) is 29.1 Å². The molecule has 3 heterocycles. The van der Waals surface area contributed by atoms with Gasteiger partial charge in [0.2, 0.25) is 0 Å². The lowest BCUT2D eigenvalue weighted by atomic mass is 10.0. The first-order valence-electron chi connectivity index (χ1n) is 10.8. The topological polar surface area (TPSA) is 136 Å². The monoisotopic (exact) mass is 453 g/mol. The molecule has 174 valence electrons. The quantitative estimate of drug-likeness (QED) is 0.606. The van der Waals surface area contributed by atoms with Crippen LogP contribution in [-0.4, -0.2) is 52.1 Å². The third kappa shape index (κ3) is 4.55. The Balaban J connectivity index is 1.43. The van der Waals surface area contributed by atoms with Gasteiger partial charge in [-0.1, -0.05) is 0 Å².